The number of hydrogen-bond donors (Lipinski definition) is 1. The van der Waals surface area contributed by atoms with Crippen LogP contribution >= 0.6 is 11.3 Å². The fraction of sp³-hybridized carbons (Fsp3) is 0.500. The van der Waals surface area contributed by atoms with E-state index in [2.05, 4.69) is 4.98 Å². The third-order valence-corrected chi connectivity index (χ3v) is 2.51. The van der Waals surface area contributed by atoms with E-state index >= 15 is 0 Å². The highest BCUT2D eigenvalue weighted by Crippen LogP contribution is 2.40. The van der Waals surface area contributed by atoms with Crippen molar-refractivity contribution in [1.29, 1.82) is 0 Å². The van der Waals surface area contributed by atoms with Gasteiger partial charge in [-0.2, -0.15) is 0 Å². The van der Waals surface area contributed by atoms with E-state index in [0.29, 0.717) is 5.92 Å². The second kappa shape index (κ2) is 1.70. The van der Waals surface area contributed by atoms with E-state index in [0.717, 1.165) is 0 Å². The molecule has 9 heavy (non-hydrogen) atoms. The second-order valence-corrected chi connectivity index (χ2v) is 3.40. The first-order valence-corrected chi connectivity index (χ1v) is 3.86. The van der Waals surface area contributed by atoms with Gasteiger partial charge in [0.25, 0.3) is 0 Å². The summed E-state index contributed by atoms with van der Waals surface area (Å²) in [5, 5.41) is 0. The third-order valence-electron chi connectivity index (χ3n) is 1.52. The highest BCUT2D eigenvalue weighted by molar-refractivity contribution is 7.09. The summed E-state index contributed by atoms with van der Waals surface area (Å²) >= 11 is 1.35. The Labute approximate surface area is 56.5 Å². The molecule has 2 nitrogen and oxygen atoms in total. The number of nitrogens with one attached hydrogen (secondary N) is 1. The summed E-state index contributed by atoms with van der Waals surface area (Å²) < 4.78 is 0. The van der Waals surface area contributed by atoms with Crippen molar-refractivity contribution in [2.45, 2.75) is 18.8 Å². The zero-order valence-electron chi connectivity index (χ0n) is 4.89. The second-order valence-electron chi connectivity index (χ2n) is 2.35. The number of thiazole rings is 1. The van der Waals surface area contributed by atoms with Gasteiger partial charge in [-0.3, -0.25) is 4.79 Å². The molecular weight excluding hydrogens is 134 g/mol. The Morgan fingerprint density at radius 2 is 2.44 bits per heavy atom. The molecule has 1 saturated carbocycles. The van der Waals surface area contributed by atoms with E-state index in [1.54, 1.807) is 0 Å². The van der Waals surface area contributed by atoms with Gasteiger partial charge in [0.15, 0.2) is 0 Å². The van der Waals surface area contributed by atoms with Crippen LogP contribution in [0.15, 0.2) is 11.0 Å². The van der Waals surface area contributed by atoms with Crippen molar-refractivity contribution >= 4 is 11.3 Å². The van der Waals surface area contributed by atoms with Gasteiger partial charge in [0.2, 0.25) is 0 Å². The van der Waals surface area contributed by atoms with E-state index in [1.165, 1.54) is 29.1 Å². The molecule has 3 heteroatoms. The van der Waals surface area contributed by atoms with Gasteiger partial charge >= 0.3 is 4.87 Å². The topological polar surface area (TPSA) is 32.9 Å². The molecular formula is C6H7NOS. The molecule has 1 aliphatic carbocycles. The Kier molecular flexibility index (Phi) is 0.990. The summed E-state index contributed by atoms with van der Waals surface area (Å²) in [7, 11) is 0. The summed E-state index contributed by atoms with van der Waals surface area (Å²) in [6.45, 7) is 0. The van der Waals surface area contributed by atoms with E-state index in [9.17, 15) is 4.79 Å². The molecule has 1 N–H and O–H groups in total. The normalized spacial score (nSPS) is 18.2. The third kappa shape index (κ3) is 0.920. The molecule has 1 aromatic rings. The van der Waals surface area contributed by atoms with E-state index in [-0.39, 0.29) is 4.87 Å². The summed E-state index contributed by atoms with van der Waals surface area (Å²) in [6, 6.07) is 0. The maximum atomic E-state index is 10.6. The lowest BCUT2D eigenvalue weighted by Gasteiger charge is -1.80. The van der Waals surface area contributed by atoms with Crippen LogP contribution in [0.3, 0.4) is 0 Å². The van der Waals surface area contributed by atoms with Crippen molar-refractivity contribution in [2.75, 3.05) is 0 Å². The molecule has 1 aromatic heterocycles. The number of H-pyrrole nitrogens is 1. The van der Waals surface area contributed by atoms with Gasteiger partial charge in [-0.15, -0.1) is 0 Å². The highest BCUT2D eigenvalue weighted by Gasteiger charge is 2.24. The maximum absolute atomic E-state index is 10.6. The molecule has 0 aliphatic heterocycles. The lowest BCUT2D eigenvalue weighted by molar-refractivity contribution is 1.16. The van der Waals surface area contributed by atoms with Crippen LogP contribution in [0.2, 0.25) is 0 Å². The number of rotatable bonds is 1. The van der Waals surface area contributed by atoms with E-state index < -0.39 is 0 Å². The SMILES string of the molecule is O=c1[nH]cc(C2CC2)s1. The minimum Gasteiger partial charge on any atom is -0.319 e. The van der Waals surface area contributed by atoms with Crippen molar-refractivity contribution in [3.05, 3.63) is 20.7 Å². The number of aromatic amines is 1. The smallest absolute Gasteiger partial charge is 0.304 e. The first-order chi connectivity index (χ1) is 4.36. The molecule has 0 saturated heterocycles. The minimum atomic E-state index is 0.0805. The van der Waals surface area contributed by atoms with Crippen molar-refractivity contribution in [3.8, 4) is 0 Å². The Morgan fingerprint density at radius 3 is 2.89 bits per heavy atom. The van der Waals surface area contributed by atoms with Crippen molar-refractivity contribution in [1.82, 2.24) is 4.98 Å². The lowest BCUT2D eigenvalue weighted by Crippen LogP contribution is -1.88. The lowest BCUT2D eigenvalue weighted by atomic mass is 10.4. The zero-order chi connectivity index (χ0) is 6.27. The Bertz CT molecular complexity index is 258. The molecule has 2 rings (SSSR count). The molecule has 0 radical (unpaired) electrons. The van der Waals surface area contributed by atoms with Crippen LogP contribution in [0.1, 0.15) is 23.6 Å². The highest BCUT2D eigenvalue weighted by atomic mass is 32.1. The Morgan fingerprint density at radius 1 is 1.67 bits per heavy atom. The van der Waals surface area contributed by atoms with Gasteiger partial charge in [-0.1, -0.05) is 11.3 Å². The van der Waals surface area contributed by atoms with Crippen LogP contribution in [-0.4, -0.2) is 4.98 Å². The number of aromatic nitrogens is 1. The van der Waals surface area contributed by atoms with Crippen molar-refractivity contribution < 1.29 is 0 Å². The molecule has 1 heterocycles. The van der Waals surface area contributed by atoms with Crippen molar-refractivity contribution in [2.24, 2.45) is 0 Å². The summed E-state index contributed by atoms with van der Waals surface area (Å²) in [5.41, 5.74) is 0. The van der Waals surface area contributed by atoms with Crippen LogP contribution in [0.4, 0.5) is 0 Å². The fourth-order valence-corrected chi connectivity index (χ4v) is 1.72. The molecule has 0 atom stereocenters. The first-order valence-electron chi connectivity index (χ1n) is 3.04. The molecule has 0 bridgehead atoms. The van der Waals surface area contributed by atoms with Gasteiger partial charge in [0.05, 0.1) is 0 Å². The minimum absolute atomic E-state index is 0.0805. The summed E-state index contributed by atoms with van der Waals surface area (Å²) in [4.78, 5) is 14.6. The molecule has 0 amide bonds. The first kappa shape index (κ1) is 5.23. The largest absolute Gasteiger partial charge is 0.319 e. The standard InChI is InChI=1S/C6H7NOS/c8-6-7-3-5(9-6)4-1-2-4/h3-4H,1-2H2,(H,7,8). The maximum Gasteiger partial charge on any atom is 0.304 e. The quantitative estimate of drug-likeness (QED) is 0.628. The van der Waals surface area contributed by atoms with Crippen LogP contribution in [0.5, 0.6) is 0 Å². The van der Waals surface area contributed by atoms with Crippen LogP contribution in [0.25, 0.3) is 0 Å². The Balaban J connectivity index is 2.38. The van der Waals surface area contributed by atoms with Gasteiger partial charge in [0.1, 0.15) is 0 Å². The molecule has 0 aromatic carbocycles. The van der Waals surface area contributed by atoms with E-state index in [4.69, 9.17) is 0 Å². The molecule has 1 fully saturated rings. The fourth-order valence-electron chi connectivity index (χ4n) is 0.865. The molecule has 48 valence electrons. The van der Waals surface area contributed by atoms with Gasteiger partial charge in [-0.25, -0.2) is 0 Å². The van der Waals surface area contributed by atoms with Crippen LogP contribution < -0.4 is 4.87 Å². The van der Waals surface area contributed by atoms with Crippen molar-refractivity contribution in [3.63, 3.8) is 0 Å². The van der Waals surface area contributed by atoms with Gasteiger partial charge in [0, 0.05) is 11.1 Å². The van der Waals surface area contributed by atoms with E-state index in [1.807, 2.05) is 6.20 Å². The number of hydrogen-bond acceptors (Lipinski definition) is 2. The predicted octanol–water partition coefficient (Wildman–Crippen LogP) is 1.31. The average Bonchev–Trinajstić information content (AvgIpc) is 2.58. The Hall–Kier alpha value is -0.570. The van der Waals surface area contributed by atoms with Gasteiger partial charge in [-0.05, 0) is 18.8 Å². The van der Waals surface area contributed by atoms with Gasteiger partial charge < -0.3 is 4.98 Å². The predicted molar refractivity (Wildman–Crippen MR) is 36.9 cm³/mol. The molecule has 1 aliphatic rings. The average molecular weight is 141 g/mol. The molecule has 0 unspecified atom stereocenters. The summed E-state index contributed by atoms with van der Waals surface area (Å²) in [6.07, 6.45) is 4.38. The molecule has 0 spiro atoms. The van der Waals surface area contributed by atoms with Crippen LogP contribution in [-0.2, 0) is 0 Å². The monoisotopic (exact) mass is 141 g/mol. The summed E-state index contributed by atoms with van der Waals surface area (Å²) in [5.74, 6) is 0.717. The zero-order valence-corrected chi connectivity index (χ0v) is 5.70. The van der Waals surface area contributed by atoms with Crippen LogP contribution in [0, 0.1) is 0 Å².